The fourth-order valence-corrected chi connectivity index (χ4v) is 2.81. The van der Waals surface area contributed by atoms with Gasteiger partial charge in [0.1, 0.15) is 12.3 Å². The van der Waals surface area contributed by atoms with Crippen molar-refractivity contribution < 1.29 is 9.90 Å². The molecule has 0 aromatic heterocycles. The molecule has 0 aliphatic carbocycles. The molecule has 19 heavy (non-hydrogen) atoms. The summed E-state index contributed by atoms with van der Waals surface area (Å²) in [5, 5.41) is 22.2. The van der Waals surface area contributed by atoms with Crippen molar-refractivity contribution in [3.05, 3.63) is 11.9 Å². The van der Waals surface area contributed by atoms with E-state index in [1.165, 1.54) is 4.90 Å². The third kappa shape index (κ3) is 1.92. The van der Waals surface area contributed by atoms with Crippen LogP contribution in [0.3, 0.4) is 0 Å². The number of hydrogen-bond donors (Lipinski definition) is 5. The van der Waals surface area contributed by atoms with Crippen LogP contribution in [0.4, 0.5) is 4.79 Å². The lowest BCUT2D eigenvalue weighted by Gasteiger charge is -2.46. The van der Waals surface area contributed by atoms with Gasteiger partial charge < -0.3 is 21.1 Å². The van der Waals surface area contributed by atoms with E-state index in [2.05, 4.69) is 26.3 Å². The second-order valence-electron chi connectivity index (χ2n) is 5.16. The molecule has 2 fully saturated rings. The molecule has 0 aromatic carbocycles. The number of carboxylic acid groups (broad SMARTS) is 1. The maximum Gasteiger partial charge on any atom is 0.407 e. The highest BCUT2D eigenvalue weighted by atomic mass is 16.4. The average Bonchev–Trinajstić information content (AvgIpc) is 2.83. The summed E-state index contributed by atoms with van der Waals surface area (Å²) in [4.78, 5) is 17.2. The Morgan fingerprint density at radius 2 is 2.47 bits per heavy atom. The summed E-state index contributed by atoms with van der Waals surface area (Å²) in [5.74, 6) is 0. The van der Waals surface area contributed by atoms with E-state index in [-0.39, 0.29) is 12.3 Å². The molecule has 3 unspecified atom stereocenters. The quantitative estimate of drug-likeness (QED) is 0.402. The van der Waals surface area contributed by atoms with E-state index in [1.807, 2.05) is 13.1 Å². The van der Waals surface area contributed by atoms with E-state index >= 15 is 0 Å². The van der Waals surface area contributed by atoms with Crippen molar-refractivity contribution in [2.45, 2.75) is 24.8 Å². The van der Waals surface area contributed by atoms with Crippen molar-refractivity contribution in [1.29, 1.82) is 0 Å². The van der Waals surface area contributed by atoms with Crippen LogP contribution in [-0.2, 0) is 0 Å². The van der Waals surface area contributed by atoms with Crippen LogP contribution < -0.4 is 21.3 Å². The third-order valence-corrected chi connectivity index (χ3v) is 3.93. The highest BCUT2D eigenvalue weighted by Gasteiger charge is 2.48. The third-order valence-electron chi connectivity index (χ3n) is 3.93. The van der Waals surface area contributed by atoms with Gasteiger partial charge in [-0.15, -0.1) is 0 Å². The number of amides is 1. The summed E-state index contributed by atoms with van der Waals surface area (Å²) >= 11 is 0. The van der Waals surface area contributed by atoms with E-state index in [0.29, 0.717) is 19.6 Å². The Morgan fingerprint density at radius 1 is 1.63 bits per heavy atom. The Labute approximate surface area is 110 Å². The first kappa shape index (κ1) is 12.2. The number of carbonyl (C=O) groups is 1. The van der Waals surface area contributed by atoms with Crippen LogP contribution in [0.5, 0.6) is 0 Å². The van der Waals surface area contributed by atoms with Gasteiger partial charge in [-0.05, 0) is 6.92 Å². The number of aliphatic imine (C=N–C) groups is 1. The van der Waals surface area contributed by atoms with Crippen LogP contribution in [-0.4, -0.2) is 59.9 Å². The minimum atomic E-state index is -0.891. The Bertz CT molecular complexity index is 450. The van der Waals surface area contributed by atoms with E-state index in [0.717, 1.165) is 5.70 Å². The van der Waals surface area contributed by atoms with Crippen molar-refractivity contribution in [2.24, 2.45) is 4.99 Å². The van der Waals surface area contributed by atoms with Crippen molar-refractivity contribution >= 4 is 12.4 Å². The summed E-state index contributed by atoms with van der Waals surface area (Å²) < 4.78 is 0. The predicted octanol–water partition coefficient (Wildman–Crippen LogP) is -1.35. The summed E-state index contributed by atoms with van der Waals surface area (Å²) in [6.07, 6.45) is 2.28. The Hall–Kier alpha value is -1.80. The van der Waals surface area contributed by atoms with Crippen molar-refractivity contribution in [3.63, 3.8) is 0 Å². The molecule has 1 amide bonds. The van der Waals surface area contributed by atoms with Gasteiger partial charge >= 0.3 is 6.09 Å². The molecule has 0 bridgehead atoms. The lowest BCUT2D eigenvalue weighted by atomic mass is 9.94. The molecule has 3 aliphatic rings. The molecule has 0 aromatic rings. The molecule has 3 rings (SSSR count). The van der Waals surface area contributed by atoms with Gasteiger partial charge in [0.25, 0.3) is 0 Å². The fraction of sp³-hybridized carbons (Fsp3) is 0.636. The molecule has 104 valence electrons. The van der Waals surface area contributed by atoms with E-state index < -0.39 is 11.6 Å². The van der Waals surface area contributed by atoms with Gasteiger partial charge in [0.05, 0.1) is 17.6 Å². The maximum atomic E-state index is 11.4. The van der Waals surface area contributed by atoms with Gasteiger partial charge in [0.2, 0.25) is 0 Å². The first-order valence-electron chi connectivity index (χ1n) is 6.33. The lowest BCUT2D eigenvalue weighted by Crippen LogP contribution is -2.70. The van der Waals surface area contributed by atoms with Gasteiger partial charge in [0.15, 0.2) is 0 Å². The number of hydrogen-bond acceptors (Lipinski definition) is 6. The van der Waals surface area contributed by atoms with Crippen LogP contribution in [0.15, 0.2) is 16.9 Å². The number of rotatable bonds is 1. The van der Waals surface area contributed by atoms with Crippen molar-refractivity contribution in [1.82, 2.24) is 26.2 Å². The van der Waals surface area contributed by atoms with Gasteiger partial charge in [-0.3, -0.25) is 15.2 Å². The van der Waals surface area contributed by atoms with Crippen LogP contribution in [0, 0.1) is 0 Å². The Kier molecular flexibility index (Phi) is 2.83. The maximum absolute atomic E-state index is 11.4. The molecular formula is C11H18N6O2. The molecule has 8 heteroatoms. The highest BCUT2D eigenvalue weighted by molar-refractivity contribution is 5.67. The fourth-order valence-electron chi connectivity index (χ4n) is 2.81. The molecule has 2 saturated heterocycles. The standard InChI is InChI=1S/C11H18N6O2/c1-11(5-12-2-3-17(11)10(18)19)9-15-7-4-13-6-14-8(7)16-9/h4,6,8-9,12,15-16H,2-3,5H2,1H3,(H,13,14)(H,18,19). The summed E-state index contributed by atoms with van der Waals surface area (Å²) in [7, 11) is 0. The average molecular weight is 266 g/mol. The highest BCUT2D eigenvalue weighted by Crippen LogP contribution is 2.26. The first-order valence-corrected chi connectivity index (χ1v) is 6.33. The summed E-state index contributed by atoms with van der Waals surface area (Å²) in [5.41, 5.74) is 0.377. The monoisotopic (exact) mass is 266 g/mol. The van der Waals surface area contributed by atoms with E-state index in [1.54, 1.807) is 6.34 Å². The number of nitrogens with zero attached hydrogens (tertiary/aromatic N) is 2. The zero-order valence-electron chi connectivity index (χ0n) is 10.7. The molecule has 0 spiro atoms. The lowest BCUT2D eigenvalue weighted by molar-refractivity contribution is 0.0415. The molecule has 3 aliphatic heterocycles. The van der Waals surface area contributed by atoms with Gasteiger partial charge in [0, 0.05) is 25.8 Å². The second kappa shape index (κ2) is 4.39. The van der Waals surface area contributed by atoms with Crippen molar-refractivity contribution in [3.8, 4) is 0 Å². The topological polar surface area (TPSA) is 101 Å². The number of nitrogens with one attached hydrogen (secondary N) is 4. The Morgan fingerprint density at radius 3 is 3.21 bits per heavy atom. The van der Waals surface area contributed by atoms with Crippen molar-refractivity contribution in [2.75, 3.05) is 19.6 Å². The van der Waals surface area contributed by atoms with Crippen LogP contribution in [0.25, 0.3) is 0 Å². The molecular weight excluding hydrogens is 248 g/mol. The van der Waals surface area contributed by atoms with Crippen LogP contribution in [0.2, 0.25) is 0 Å². The van der Waals surface area contributed by atoms with E-state index in [9.17, 15) is 9.90 Å². The minimum absolute atomic E-state index is 0.124. The van der Waals surface area contributed by atoms with Crippen LogP contribution >= 0.6 is 0 Å². The smallest absolute Gasteiger partial charge is 0.407 e. The predicted molar refractivity (Wildman–Crippen MR) is 69.6 cm³/mol. The molecule has 5 N–H and O–H groups in total. The zero-order valence-corrected chi connectivity index (χ0v) is 10.7. The van der Waals surface area contributed by atoms with Crippen LogP contribution in [0.1, 0.15) is 6.92 Å². The normalized spacial score (nSPS) is 37.1. The second-order valence-corrected chi connectivity index (χ2v) is 5.16. The summed E-state index contributed by atoms with van der Waals surface area (Å²) in [6, 6.07) is 0. The Balaban J connectivity index is 1.83. The number of piperazine rings is 1. The molecule has 0 saturated carbocycles. The molecule has 8 nitrogen and oxygen atoms in total. The summed E-state index contributed by atoms with van der Waals surface area (Å²) in [6.45, 7) is 3.70. The first-order chi connectivity index (χ1) is 9.11. The molecule has 3 atom stereocenters. The molecule has 3 heterocycles. The SMILES string of the molecule is CC1(C2NC3=CNC=NC3N2)CNCCN1C(=O)O. The molecule has 0 radical (unpaired) electrons. The van der Waals surface area contributed by atoms with Gasteiger partial charge in [-0.2, -0.15) is 0 Å². The van der Waals surface area contributed by atoms with Gasteiger partial charge in [-0.1, -0.05) is 0 Å². The van der Waals surface area contributed by atoms with Gasteiger partial charge in [-0.25, -0.2) is 4.79 Å². The minimum Gasteiger partial charge on any atom is -0.465 e. The zero-order chi connectivity index (χ0) is 13.5. The largest absolute Gasteiger partial charge is 0.465 e. The number of fused-ring (bicyclic) bond motifs is 1. The van der Waals surface area contributed by atoms with E-state index in [4.69, 9.17) is 0 Å².